The number of nitrogens with one attached hydrogen (secondary N) is 1. The van der Waals surface area contributed by atoms with Crippen molar-refractivity contribution in [2.75, 3.05) is 13.7 Å². The van der Waals surface area contributed by atoms with Gasteiger partial charge in [0.1, 0.15) is 0 Å². The van der Waals surface area contributed by atoms with Crippen LogP contribution in [0.15, 0.2) is 40.5 Å². The molecule has 0 bridgehead atoms. The van der Waals surface area contributed by atoms with E-state index in [4.69, 9.17) is 9.47 Å². The number of nitrogens with zero attached hydrogens (tertiary/aromatic N) is 1. The Balaban J connectivity index is 2.40. The van der Waals surface area contributed by atoms with E-state index in [2.05, 4.69) is 26.3 Å². The first kappa shape index (κ1) is 15.6. The topological polar surface area (TPSA) is 59.9 Å². The molecule has 0 fully saturated rings. The summed E-state index contributed by atoms with van der Waals surface area (Å²) in [5, 5.41) is 3.04. The molecule has 1 radical (unpaired) electrons. The predicted octanol–water partition coefficient (Wildman–Crippen LogP) is 1.70. The van der Waals surface area contributed by atoms with Crippen LogP contribution in [0, 0.1) is 0 Å². The van der Waals surface area contributed by atoms with E-state index in [0.717, 1.165) is 17.0 Å². The van der Waals surface area contributed by atoms with Crippen LogP contribution < -0.4 is 10.1 Å². The SMILES string of the molecule is CCOC(=O)C1=C(C)NC([Se])=NC1c1ccc(OC)cc1. The molecule has 0 saturated carbocycles. The first-order valence-electron chi connectivity index (χ1n) is 6.60. The molecular formula is C15H17N2O3Se. The molecule has 1 aromatic carbocycles. The van der Waals surface area contributed by atoms with Gasteiger partial charge in [0.15, 0.2) is 0 Å². The van der Waals surface area contributed by atoms with E-state index in [1.165, 1.54) is 0 Å². The van der Waals surface area contributed by atoms with Crippen LogP contribution in [0.4, 0.5) is 0 Å². The van der Waals surface area contributed by atoms with E-state index in [1.807, 2.05) is 31.2 Å². The summed E-state index contributed by atoms with van der Waals surface area (Å²) in [4.78, 5) is 16.7. The van der Waals surface area contributed by atoms with Gasteiger partial charge in [-0.1, -0.05) is 0 Å². The molecule has 1 unspecified atom stereocenters. The summed E-state index contributed by atoms with van der Waals surface area (Å²) in [6, 6.07) is 7.12. The van der Waals surface area contributed by atoms with Crippen molar-refractivity contribution >= 4 is 26.7 Å². The van der Waals surface area contributed by atoms with E-state index in [0.29, 0.717) is 16.9 Å². The minimum atomic E-state index is -0.382. The minimum absolute atomic E-state index is 0.333. The molecular weight excluding hydrogens is 335 g/mol. The Morgan fingerprint density at radius 1 is 1.38 bits per heavy atom. The summed E-state index contributed by atoms with van der Waals surface area (Å²) in [7, 11) is 1.62. The van der Waals surface area contributed by atoms with Gasteiger partial charge in [0, 0.05) is 0 Å². The second kappa shape index (κ2) is 6.78. The van der Waals surface area contributed by atoms with Gasteiger partial charge in [0.25, 0.3) is 0 Å². The van der Waals surface area contributed by atoms with Gasteiger partial charge in [0.05, 0.1) is 0 Å². The number of benzene rings is 1. The van der Waals surface area contributed by atoms with Crippen LogP contribution in [0.3, 0.4) is 0 Å². The number of allylic oxidation sites excluding steroid dienone is 1. The van der Waals surface area contributed by atoms with Crippen LogP contribution in [0.2, 0.25) is 0 Å². The van der Waals surface area contributed by atoms with Crippen molar-refractivity contribution in [3.63, 3.8) is 0 Å². The Hall–Kier alpha value is -1.78. The van der Waals surface area contributed by atoms with Gasteiger partial charge in [-0.2, -0.15) is 0 Å². The molecule has 0 aromatic heterocycles. The van der Waals surface area contributed by atoms with Crippen molar-refractivity contribution in [1.82, 2.24) is 5.32 Å². The van der Waals surface area contributed by atoms with Gasteiger partial charge < -0.3 is 0 Å². The fourth-order valence-electron chi connectivity index (χ4n) is 2.15. The fraction of sp³-hybridized carbons (Fsp3) is 0.333. The number of amidine groups is 1. The molecule has 5 nitrogen and oxygen atoms in total. The van der Waals surface area contributed by atoms with Gasteiger partial charge in [-0.05, 0) is 0 Å². The fourth-order valence-corrected chi connectivity index (χ4v) is 2.69. The molecule has 0 spiro atoms. The molecule has 0 saturated heterocycles. The Morgan fingerprint density at radius 3 is 2.62 bits per heavy atom. The van der Waals surface area contributed by atoms with Crippen LogP contribution in [-0.2, 0) is 9.53 Å². The summed E-state index contributed by atoms with van der Waals surface area (Å²) in [6.07, 6.45) is 0. The van der Waals surface area contributed by atoms with Gasteiger partial charge in [0.2, 0.25) is 0 Å². The molecule has 1 heterocycles. The number of hydrogen-bond acceptors (Lipinski definition) is 5. The molecule has 2 rings (SSSR count). The molecule has 0 amide bonds. The third-order valence-corrected chi connectivity index (χ3v) is 3.58. The monoisotopic (exact) mass is 353 g/mol. The third kappa shape index (κ3) is 3.46. The number of hydrogen-bond donors (Lipinski definition) is 1. The van der Waals surface area contributed by atoms with Crippen molar-refractivity contribution in [3.05, 3.63) is 41.1 Å². The number of carbonyl (C=O) groups excluding carboxylic acids is 1. The summed E-state index contributed by atoms with van der Waals surface area (Å²) in [5.74, 6) is 0.415. The van der Waals surface area contributed by atoms with Crippen LogP contribution >= 0.6 is 0 Å². The Bertz CT molecular complexity index is 593. The molecule has 1 N–H and O–H groups in total. The average molecular weight is 352 g/mol. The van der Waals surface area contributed by atoms with E-state index >= 15 is 0 Å². The quantitative estimate of drug-likeness (QED) is 0.662. The van der Waals surface area contributed by atoms with E-state index in [1.54, 1.807) is 14.0 Å². The molecule has 1 atom stereocenters. The predicted molar refractivity (Wildman–Crippen MR) is 81.4 cm³/mol. The molecule has 111 valence electrons. The number of ether oxygens (including phenoxy) is 2. The Labute approximate surface area is 132 Å². The maximum absolute atomic E-state index is 12.2. The molecule has 6 heteroatoms. The van der Waals surface area contributed by atoms with Gasteiger partial charge in [-0.3, -0.25) is 0 Å². The summed E-state index contributed by atoms with van der Waals surface area (Å²) < 4.78 is 11.0. The van der Waals surface area contributed by atoms with Crippen LogP contribution in [0.25, 0.3) is 0 Å². The molecule has 1 aromatic rings. The molecule has 0 aliphatic carbocycles. The zero-order chi connectivity index (χ0) is 15.4. The standard InChI is InChI=1S/C15H17N2O3Se/c1-4-20-14(18)12-9(2)16-15(21)17-13(12)10-5-7-11(19-3)8-6-10/h5-8,13H,4H2,1-3H3,(H,16,17). The molecule has 1 aliphatic heterocycles. The van der Waals surface area contributed by atoms with Crippen molar-refractivity contribution < 1.29 is 14.3 Å². The summed E-state index contributed by atoms with van der Waals surface area (Å²) in [5.41, 5.74) is 2.19. The van der Waals surface area contributed by atoms with Crippen molar-refractivity contribution in [3.8, 4) is 5.75 Å². The van der Waals surface area contributed by atoms with Crippen molar-refractivity contribution in [2.24, 2.45) is 4.99 Å². The Kier molecular flexibility index (Phi) is 5.04. The summed E-state index contributed by atoms with van der Waals surface area (Å²) in [6.45, 7) is 3.96. The third-order valence-electron chi connectivity index (χ3n) is 3.15. The van der Waals surface area contributed by atoms with Gasteiger partial charge in [-0.15, -0.1) is 0 Å². The number of carbonyl (C=O) groups is 1. The first-order valence-corrected chi connectivity index (χ1v) is 7.46. The van der Waals surface area contributed by atoms with E-state index in [9.17, 15) is 4.79 Å². The van der Waals surface area contributed by atoms with Crippen molar-refractivity contribution in [2.45, 2.75) is 19.9 Å². The number of rotatable bonds is 4. The van der Waals surface area contributed by atoms with E-state index in [-0.39, 0.29) is 12.0 Å². The van der Waals surface area contributed by atoms with Crippen molar-refractivity contribution in [1.29, 1.82) is 0 Å². The first-order chi connectivity index (χ1) is 10.1. The van der Waals surface area contributed by atoms with Crippen LogP contribution in [-0.4, -0.2) is 40.4 Å². The normalized spacial score (nSPS) is 17.9. The second-order valence-electron chi connectivity index (χ2n) is 4.49. The zero-order valence-electron chi connectivity index (χ0n) is 12.2. The molecule has 21 heavy (non-hydrogen) atoms. The summed E-state index contributed by atoms with van der Waals surface area (Å²) >= 11 is 2.85. The average Bonchev–Trinajstić information content (AvgIpc) is 2.46. The maximum atomic E-state index is 12.2. The van der Waals surface area contributed by atoms with Gasteiger partial charge >= 0.3 is 132 Å². The number of aliphatic imine (C=N–C) groups is 1. The van der Waals surface area contributed by atoms with Crippen LogP contribution in [0.5, 0.6) is 5.75 Å². The second-order valence-corrected chi connectivity index (χ2v) is 5.31. The number of methoxy groups -OCH3 is 1. The van der Waals surface area contributed by atoms with Gasteiger partial charge in [-0.25, -0.2) is 0 Å². The number of esters is 1. The van der Waals surface area contributed by atoms with E-state index < -0.39 is 0 Å². The van der Waals surface area contributed by atoms with Crippen LogP contribution in [0.1, 0.15) is 25.5 Å². The Morgan fingerprint density at radius 2 is 2.05 bits per heavy atom. The zero-order valence-corrected chi connectivity index (χ0v) is 13.9. The molecule has 1 aliphatic rings.